The Labute approximate surface area is 208 Å². The maximum absolute atomic E-state index is 13.3. The highest BCUT2D eigenvalue weighted by atomic mass is 16.6. The number of cyclic esters (lactones) is 1. The first kappa shape index (κ1) is 28.8. The first-order chi connectivity index (χ1) is 17.2. The van der Waals surface area contributed by atoms with Crippen LogP contribution in [0.5, 0.6) is 0 Å². The summed E-state index contributed by atoms with van der Waals surface area (Å²) in [6.07, 6.45) is -2.67. The number of allylic oxidation sites excluding steroid dienone is 1. The van der Waals surface area contributed by atoms with Gasteiger partial charge < -0.3 is 24.1 Å². The number of esters is 1. The minimum atomic E-state index is -1.73. The number of aliphatic hydroxyl groups excluding tert-OH is 1. The molecule has 0 aliphatic carbocycles. The number of benzene rings is 1. The zero-order valence-corrected chi connectivity index (χ0v) is 20.5. The molecular formula is C25H31NO10. The van der Waals surface area contributed by atoms with E-state index >= 15 is 0 Å². The number of hydrogen-bond acceptors (Lipinski definition) is 10. The first-order valence-electron chi connectivity index (χ1n) is 11.4. The van der Waals surface area contributed by atoms with Crippen molar-refractivity contribution in [2.24, 2.45) is 0 Å². The molecule has 4 atom stereocenters. The summed E-state index contributed by atoms with van der Waals surface area (Å²) in [5, 5.41) is 8.66. The number of rotatable bonds is 14. The number of nitrogens with zero attached hydrogens (tertiary/aromatic N) is 1. The molecule has 11 nitrogen and oxygen atoms in total. The summed E-state index contributed by atoms with van der Waals surface area (Å²) in [6.45, 7) is 2.96. The van der Waals surface area contributed by atoms with E-state index in [1.54, 1.807) is 37.3 Å². The SMILES string of the molecule is CO[C@@H](C(=O)N1C(=O)O[C@@H](c2ccccc2)[C@H]1C)[C@@H](OC(C)=O)C(=O)C=CC(=O)CCCOCCO. The number of aliphatic hydroxyl groups is 1. The molecule has 0 spiro atoms. The predicted octanol–water partition coefficient (Wildman–Crippen LogP) is 1.53. The van der Waals surface area contributed by atoms with Crippen LogP contribution < -0.4 is 0 Å². The summed E-state index contributed by atoms with van der Waals surface area (Å²) in [4.78, 5) is 63.3. The third kappa shape index (κ3) is 7.80. The lowest BCUT2D eigenvalue weighted by atomic mass is 10.0. The molecule has 0 saturated carbocycles. The topological polar surface area (TPSA) is 146 Å². The second-order valence-electron chi connectivity index (χ2n) is 7.99. The van der Waals surface area contributed by atoms with Crippen molar-refractivity contribution in [2.75, 3.05) is 26.9 Å². The lowest BCUT2D eigenvalue weighted by molar-refractivity contribution is -0.166. The summed E-state index contributed by atoms with van der Waals surface area (Å²) >= 11 is 0. The number of carbonyl (C=O) groups is 5. The third-order valence-electron chi connectivity index (χ3n) is 5.36. The lowest BCUT2D eigenvalue weighted by Gasteiger charge is -2.27. The second kappa shape index (κ2) is 14.2. The number of carbonyl (C=O) groups excluding carboxylic acids is 5. The van der Waals surface area contributed by atoms with Crippen LogP contribution in [0.4, 0.5) is 4.79 Å². The van der Waals surface area contributed by atoms with Gasteiger partial charge in [-0.15, -0.1) is 0 Å². The van der Waals surface area contributed by atoms with E-state index in [0.29, 0.717) is 12.0 Å². The van der Waals surface area contributed by atoms with Crippen molar-refractivity contribution in [3.05, 3.63) is 48.0 Å². The first-order valence-corrected chi connectivity index (χ1v) is 11.4. The van der Waals surface area contributed by atoms with Gasteiger partial charge >= 0.3 is 12.1 Å². The van der Waals surface area contributed by atoms with E-state index in [1.165, 1.54) is 0 Å². The molecular weight excluding hydrogens is 474 g/mol. The van der Waals surface area contributed by atoms with Gasteiger partial charge in [-0.05, 0) is 31.1 Å². The maximum Gasteiger partial charge on any atom is 0.417 e. The molecule has 1 aliphatic rings. The van der Waals surface area contributed by atoms with Gasteiger partial charge in [-0.25, -0.2) is 9.69 Å². The van der Waals surface area contributed by atoms with E-state index in [4.69, 9.17) is 24.1 Å². The van der Waals surface area contributed by atoms with Crippen LogP contribution in [0.2, 0.25) is 0 Å². The fourth-order valence-corrected chi connectivity index (χ4v) is 3.65. The van der Waals surface area contributed by atoms with Crippen LogP contribution in [0.15, 0.2) is 42.5 Å². The third-order valence-corrected chi connectivity index (χ3v) is 5.36. The van der Waals surface area contributed by atoms with Crippen molar-refractivity contribution in [3.63, 3.8) is 0 Å². The van der Waals surface area contributed by atoms with Gasteiger partial charge in [0, 0.05) is 27.1 Å². The van der Waals surface area contributed by atoms with Crippen molar-refractivity contribution >= 4 is 29.5 Å². The highest BCUT2D eigenvalue weighted by molar-refractivity contribution is 6.05. The molecule has 0 aromatic heterocycles. The molecule has 0 radical (unpaired) electrons. The van der Waals surface area contributed by atoms with Gasteiger partial charge in [0.25, 0.3) is 5.91 Å². The summed E-state index contributed by atoms with van der Waals surface area (Å²) in [5.74, 6) is -3.03. The molecule has 11 heteroatoms. The van der Waals surface area contributed by atoms with Gasteiger partial charge in [0.1, 0.15) is 6.10 Å². The molecule has 1 saturated heterocycles. The molecule has 0 unspecified atom stereocenters. The normalized spacial score (nSPS) is 19.1. The van der Waals surface area contributed by atoms with Crippen LogP contribution >= 0.6 is 0 Å². The Morgan fingerprint density at radius 1 is 1.11 bits per heavy atom. The molecule has 2 rings (SSSR count). The van der Waals surface area contributed by atoms with Crippen LogP contribution in [0.25, 0.3) is 0 Å². The molecule has 1 N–H and O–H groups in total. The summed E-state index contributed by atoms with van der Waals surface area (Å²) in [5.41, 5.74) is 0.679. The minimum Gasteiger partial charge on any atom is -0.451 e. The van der Waals surface area contributed by atoms with E-state index in [9.17, 15) is 24.0 Å². The number of ketones is 2. The molecule has 1 aromatic carbocycles. The number of amides is 2. The quantitative estimate of drug-likeness (QED) is 0.224. The molecule has 196 valence electrons. The van der Waals surface area contributed by atoms with Crippen molar-refractivity contribution < 1.29 is 48.0 Å². The summed E-state index contributed by atoms with van der Waals surface area (Å²) in [7, 11) is 1.13. The average molecular weight is 506 g/mol. The second-order valence-corrected chi connectivity index (χ2v) is 7.99. The van der Waals surface area contributed by atoms with Crippen molar-refractivity contribution in [1.82, 2.24) is 4.90 Å². The van der Waals surface area contributed by atoms with E-state index in [1.807, 2.05) is 0 Å². The van der Waals surface area contributed by atoms with Gasteiger partial charge in [0.15, 0.2) is 23.8 Å². The highest BCUT2D eigenvalue weighted by Crippen LogP contribution is 2.33. The largest absolute Gasteiger partial charge is 0.451 e. The minimum absolute atomic E-state index is 0.0814. The monoisotopic (exact) mass is 505 g/mol. The van der Waals surface area contributed by atoms with E-state index in [2.05, 4.69) is 0 Å². The Kier molecular flexibility index (Phi) is 11.4. The number of hydrogen-bond donors (Lipinski definition) is 1. The Morgan fingerprint density at radius 2 is 1.81 bits per heavy atom. The van der Waals surface area contributed by atoms with Crippen molar-refractivity contribution in [2.45, 2.75) is 51.0 Å². The maximum atomic E-state index is 13.3. The average Bonchev–Trinajstić information content (AvgIpc) is 3.16. The molecule has 36 heavy (non-hydrogen) atoms. The number of methoxy groups -OCH3 is 1. The van der Waals surface area contributed by atoms with E-state index in [0.717, 1.165) is 31.1 Å². The van der Waals surface area contributed by atoms with Gasteiger partial charge in [0.05, 0.1) is 19.3 Å². The van der Waals surface area contributed by atoms with Gasteiger partial charge in [-0.2, -0.15) is 0 Å². The van der Waals surface area contributed by atoms with E-state index in [-0.39, 0.29) is 32.0 Å². The van der Waals surface area contributed by atoms with Crippen LogP contribution in [0.1, 0.15) is 38.4 Å². The van der Waals surface area contributed by atoms with E-state index < -0.39 is 48.1 Å². The number of ether oxygens (including phenoxy) is 4. The molecule has 1 fully saturated rings. The number of imide groups is 1. The van der Waals surface area contributed by atoms with Crippen molar-refractivity contribution in [1.29, 1.82) is 0 Å². The van der Waals surface area contributed by atoms with Gasteiger partial charge in [-0.3, -0.25) is 19.2 Å². The van der Waals surface area contributed by atoms with Crippen molar-refractivity contribution in [3.8, 4) is 0 Å². The van der Waals surface area contributed by atoms with Crippen LogP contribution in [-0.4, -0.2) is 84.7 Å². The summed E-state index contributed by atoms with van der Waals surface area (Å²) in [6, 6.07) is 8.10. The van der Waals surface area contributed by atoms with Gasteiger partial charge in [-0.1, -0.05) is 30.3 Å². The molecule has 1 aliphatic heterocycles. The lowest BCUT2D eigenvalue weighted by Crippen LogP contribution is -2.52. The zero-order chi connectivity index (χ0) is 26.7. The Hall–Kier alpha value is -3.41. The Balaban J connectivity index is 2.14. The highest BCUT2D eigenvalue weighted by Gasteiger charge is 2.48. The van der Waals surface area contributed by atoms with Crippen LogP contribution in [-0.2, 0) is 38.1 Å². The smallest absolute Gasteiger partial charge is 0.417 e. The Bertz CT molecular complexity index is 961. The van der Waals surface area contributed by atoms with Crippen LogP contribution in [0.3, 0.4) is 0 Å². The standard InChI is InChI=1S/C25H31NO10/c1-16-21(18-8-5-4-6-9-18)36-25(32)26(16)24(31)23(33-3)22(35-17(2)28)20(30)12-11-19(29)10-7-14-34-15-13-27/h4-6,8-9,11-12,16,21-23,27H,7,10,13-15H2,1-3H3/t16-,21-,22+,23-/m1/s1. The fourth-order valence-electron chi connectivity index (χ4n) is 3.65. The van der Waals surface area contributed by atoms with Crippen LogP contribution in [0, 0.1) is 0 Å². The fraction of sp³-hybridized carbons (Fsp3) is 0.480. The molecule has 2 amide bonds. The molecule has 1 heterocycles. The Morgan fingerprint density at radius 3 is 2.42 bits per heavy atom. The van der Waals surface area contributed by atoms with Gasteiger partial charge in [0.2, 0.25) is 0 Å². The zero-order valence-electron chi connectivity index (χ0n) is 20.5. The summed E-state index contributed by atoms with van der Waals surface area (Å²) < 4.78 is 20.7. The predicted molar refractivity (Wildman–Crippen MR) is 125 cm³/mol. The molecule has 0 bridgehead atoms. The molecule has 1 aromatic rings.